The third-order valence-electron chi connectivity index (χ3n) is 4.99. The fourth-order valence-corrected chi connectivity index (χ4v) is 3.84. The summed E-state index contributed by atoms with van der Waals surface area (Å²) in [6, 6.07) is 10.7. The Morgan fingerprint density at radius 2 is 1.73 bits per heavy atom. The second kappa shape index (κ2) is 10.5. The molecule has 1 amide bonds. The van der Waals surface area contributed by atoms with Crippen LogP contribution in [0.2, 0.25) is 10.0 Å². The summed E-state index contributed by atoms with van der Waals surface area (Å²) in [6.07, 6.45) is 1.61. The maximum atomic E-state index is 12.7. The van der Waals surface area contributed by atoms with Gasteiger partial charge in [-0.15, -0.1) is 0 Å². The van der Waals surface area contributed by atoms with Crippen LogP contribution in [-0.4, -0.2) is 41.9 Å². The third kappa shape index (κ3) is 5.35. The molecule has 1 atom stereocenters. The summed E-state index contributed by atoms with van der Waals surface area (Å²) in [4.78, 5) is 37.6. The number of benzene rings is 2. The van der Waals surface area contributed by atoms with E-state index in [1.54, 1.807) is 37.4 Å². The lowest BCUT2D eigenvalue weighted by Gasteiger charge is -2.18. The van der Waals surface area contributed by atoms with E-state index < -0.39 is 17.9 Å². The minimum Gasteiger partial charge on any atom is -0.494 e. The van der Waals surface area contributed by atoms with Crippen LogP contribution in [0.3, 0.4) is 0 Å². The number of esters is 1. The van der Waals surface area contributed by atoms with Crippen LogP contribution in [0.4, 0.5) is 0 Å². The van der Waals surface area contributed by atoms with E-state index >= 15 is 0 Å². The highest BCUT2D eigenvalue weighted by atomic mass is 35.5. The number of hydrogen-bond acceptors (Lipinski definition) is 6. The average Bonchev–Trinajstić information content (AvgIpc) is 2.80. The Morgan fingerprint density at radius 1 is 1.09 bits per heavy atom. The van der Waals surface area contributed by atoms with E-state index in [4.69, 9.17) is 32.7 Å². The molecule has 0 aliphatic carbocycles. The first-order chi connectivity index (χ1) is 15.8. The van der Waals surface area contributed by atoms with Crippen molar-refractivity contribution in [1.29, 1.82) is 0 Å². The largest absolute Gasteiger partial charge is 0.494 e. The highest BCUT2D eigenvalue weighted by Crippen LogP contribution is 2.26. The second-order valence-electron chi connectivity index (χ2n) is 7.06. The molecule has 0 bridgehead atoms. The first kappa shape index (κ1) is 24.3. The van der Waals surface area contributed by atoms with Crippen molar-refractivity contribution < 1.29 is 19.1 Å². The molecule has 0 aliphatic heterocycles. The lowest BCUT2D eigenvalue weighted by Crippen LogP contribution is -2.43. The molecule has 1 heterocycles. The molecule has 0 fully saturated rings. The molecule has 0 saturated heterocycles. The predicted molar refractivity (Wildman–Crippen MR) is 125 cm³/mol. The summed E-state index contributed by atoms with van der Waals surface area (Å²) in [5, 5.41) is 6.92. The van der Waals surface area contributed by atoms with Gasteiger partial charge in [-0.25, -0.2) is 9.48 Å². The maximum absolute atomic E-state index is 12.7. The number of rotatable bonds is 7. The van der Waals surface area contributed by atoms with E-state index in [2.05, 4.69) is 10.4 Å². The van der Waals surface area contributed by atoms with Gasteiger partial charge in [-0.1, -0.05) is 53.5 Å². The Balaban J connectivity index is 1.86. The molecule has 172 valence electrons. The van der Waals surface area contributed by atoms with Gasteiger partial charge < -0.3 is 14.8 Å². The van der Waals surface area contributed by atoms with Crippen molar-refractivity contribution in [2.75, 3.05) is 14.2 Å². The van der Waals surface area contributed by atoms with Crippen molar-refractivity contribution in [3.63, 3.8) is 0 Å². The molecule has 0 radical (unpaired) electrons. The van der Waals surface area contributed by atoms with Gasteiger partial charge in [-0.05, 0) is 23.3 Å². The molecule has 3 aromatic rings. The van der Waals surface area contributed by atoms with Crippen LogP contribution in [0.5, 0.6) is 5.75 Å². The molecule has 0 unspecified atom stereocenters. The van der Waals surface area contributed by atoms with Gasteiger partial charge in [0.15, 0.2) is 5.75 Å². The number of halogens is 2. The summed E-state index contributed by atoms with van der Waals surface area (Å²) in [5.41, 5.74) is 1.49. The molecule has 1 N–H and O–H groups in total. The minimum atomic E-state index is -0.982. The van der Waals surface area contributed by atoms with E-state index in [0.717, 1.165) is 5.56 Å². The standard InChI is InChI=1S/C23H21Cl2N3O5/c1-28-22(30)19(18(32-2)12-26-28)14-9-7-13(8-10-14)11-17(23(31)33-3)27-21(29)20-15(24)5-4-6-16(20)25/h4-10,12,17H,11H2,1-3H3,(H,27,29)/t17-/m0/s1. The number of carbonyl (C=O) groups is 2. The summed E-state index contributed by atoms with van der Waals surface area (Å²) in [7, 11) is 4.25. The average molecular weight is 490 g/mol. The Morgan fingerprint density at radius 3 is 2.30 bits per heavy atom. The van der Waals surface area contributed by atoms with Gasteiger partial charge in [0.2, 0.25) is 0 Å². The number of hydrogen-bond donors (Lipinski definition) is 1. The molecule has 0 saturated carbocycles. The molecule has 10 heteroatoms. The minimum absolute atomic E-state index is 0.0747. The zero-order valence-corrected chi connectivity index (χ0v) is 19.6. The van der Waals surface area contributed by atoms with E-state index in [0.29, 0.717) is 16.9 Å². The summed E-state index contributed by atoms with van der Waals surface area (Å²) in [6.45, 7) is 0. The topological polar surface area (TPSA) is 99.5 Å². The van der Waals surface area contributed by atoms with Gasteiger partial charge in [0.1, 0.15) is 6.04 Å². The molecule has 3 rings (SSSR count). The number of amides is 1. The van der Waals surface area contributed by atoms with Gasteiger partial charge in [-0.2, -0.15) is 5.10 Å². The molecular weight excluding hydrogens is 469 g/mol. The molecule has 8 nitrogen and oxygen atoms in total. The first-order valence-corrected chi connectivity index (χ1v) is 10.5. The summed E-state index contributed by atoms with van der Waals surface area (Å²) >= 11 is 12.2. The van der Waals surface area contributed by atoms with Crippen LogP contribution in [0.1, 0.15) is 15.9 Å². The molecule has 2 aromatic carbocycles. The van der Waals surface area contributed by atoms with Gasteiger partial charge in [-0.3, -0.25) is 9.59 Å². The van der Waals surface area contributed by atoms with E-state index in [9.17, 15) is 14.4 Å². The third-order valence-corrected chi connectivity index (χ3v) is 5.62. The van der Waals surface area contributed by atoms with Crippen molar-refractivity contribution >= 4 is 35.1 Å². The number of nitrogens with zero attached hydrogens (tertiary/aromatic N) is 2. The van der Waals surface area contributed by atoms with E-state index in [-0.39, 0.29) is 27.6 Å². The molecule has 0 aliphatic rings. The van der Waals surface area contributed by atoms with Crippen LogP contribution in [-0.2, 0) is 23.0 Å². The van der Waals surface area contributed by atoms with Gasteiger partial charge in [0, 0.05) is 13.5 Å². The highest BCUT2D eigenvalue weighted by molar-refractivity contribution is 6.39. The van der Waals surface area contributed by atoms with Crippen LogP contribution in [0.15, 0.2) is 53.5 Å². The zero-order chi connectivity index (χ0) is 24.1. The SMILES string of the molecule is COC(=O)[C@H](Cc1ccc(-c2c(OC)cnn(C)c2=O)cc1)NC(=O)c1c(Cl)cccc1Cl. The van der Waals surface area contributed by atoms with E-state index in [1.165, 1.54) is 37.2 Å². The van der Waals surface area contributed by atoms with Crippen LogP contribution in [0, 0.1) is 0 Å². The predicted octanol–water partition coefficient (Wildman–Crippen LogP) is 3.28. The zero-order valence-electron chi connectivity index (χ0n) is 18.1. The number of nitrogens with one attached hydrogen (secondary N) is 1. The first-order valence-electron chi connectivity index (χ1n) is 9.79. The number of methoxy groups -OCH3 is 2. The van der Waals surface area contributed by atoms with Gasteiger partial charge >= 0.3 is 5.97 Å². The smallest absolute Gasteiger partial charge is 0.328 e. The van der Waals surface area contributed by atoms with Crippen LogP contribution < -0.4 is 15.6 Å². The molecule has 1 aromatic heterocycles. The lowest BCUT2D eigenvalue weighted by molar-refractivity contribution is -0.142. The lowest BCUT2D eigenvalue weighted by atomic mass is 10.0. The van der Waals surface area contributed by atoms with Crippen LogP contribution >= 0.6 is 23.2 Å². The van der Waals surface area contributed by atoms with Crippen molar-refractivity contribution in [2.45, 2.75) is 12.5 Å². The van der Waals surface area contributed by atoms with Crippen molar-refractivity contribution in [2.24, 2.45) is 7.05 Å². The van der Waals surface area contributed by atoms with Crippen molar-refractivity contribution in [3.05, 3.63) is 80.2 Å². The quantitative estimate of drug-likeness (QED) is 0.511. The number of aryl methyl sites for hydroxylation is 1. The van der Waals surface area contributed by atoms with Crippen LogP contribution in [0.25, 0.3) is 11.1 Å². The number of aromatic nitrogens is 2. The number of carbonyl (C=O) groups excluding carboxylic acids is 2. The van der Waals surface area contributed by atoms with Crippen molar-refractivity contribution in [3.8, 4) is 16.9 Å². The fourth-order valence-electron chi connectivity index (χ4n) is 3.27. The molecular formula is C23H21Cl2N3O5. The molecule has 0 spiro atoms. The Kier molecular flexibility index (Phi) is 7.73. The normalized spacial score (nSPS) is 11.5. The van der Waals surface area contributed by atoms with Gasteiger partial charge in [0.05, 0.1) is 41.6 Å². The fraction of sp³-hybridized carbons (Fsp3) is 0.217. The Bertz CT molecular complexity index is 1220. The summed E-state index contributed by atoms with van der Waals surface area (Å²) < 4.78 is 11.3. The summed E-state index contributed by atoms with van der Waals surface area (Å²) in [5.74, 6) is -0.870. The number of ether oxygens (including phenoxy) is 2. The van der Waals surface area contributed by atoms with Gasteiger partial charge in [0.25, 0.3) is 11.5 Å². The van der Waals surface area contributed by atoms with Crippen molar-refractivity contribution in [1.82, 2.24) is 15.1 Å². The second-order valence-corrected chi connectivity index (χ2v) is 7.88. The maximum Gasteiger partial charge on any atom is 0.328 e. The van der Waals surface area contributed by atoms with E-state index in [1.807, 2.05) is 0 Å². The Labute approximate surface area is 200 Å². The highest BCUT2D eigenvalue weighted by Gasteiger charge is 2.25. The monoisotopic (exact) mass is 489 g/mol. The Hall–Kier alpha value is -3.36. The molecule has 33 heavy (non-hydrogen) atoms.